The van der Waals surface area contributed by atoms with E-state index in [0.29, 0.717) is 12.1 Å². The maximum Gasteiger partial charge on any atom is 0.420 e. The Morgan fingerprint density at radius 3 is 2.13 bits per heavy atom. The largest absolute Gasteiger partial charge is 0.504 e. The smallest absolute Gasteiger partial charge is 0.420 e. The Balaban J connectivity index is 3.57. The summed E-state index contributed by atoms with van der Waals surface area (Å²) in [5.74, 6) is -4.34. The fourth-order valence-corrected chi connectivity index (χ4v) is 1.05. The number of carboxylic acids is 1. The molecule has 1 aromatic carbocycles. The number of phenols is 2. The maximum absolute atomic E-state index is 12.3. The van der Waals surface area contributed by atoms with E-state index in [2.05, 4.69) is 0 Å². The van der Waals surface area contributed by atoms with Crippen LogP contribution in [0.5, 0.6) is 11.5 Å². The number of aromatic hydroxyl groups is 2. The van der Waals surface area contributed by atoms with Crippen LogP contribution in [0, 0.1) is 0 Å². The lowest BCUT2D eigenvalue weighted by atomic mass is 10.1. The van der Waals surface area contributed by atoms with E-state index in [1.165, 1.54) is 0 Å². The predicted molar refractivity (Wildman–Crippen MR) is 41.7 cm³/mol. The van der Waals surface area contributed by atoms with Gasteiger partial charge < -0.3 is 15.3 Å². The summed E-state index contributed by atoms with van der Waals surface area (Å²) in [6, 6.07) is 1.24. The third-order valence-corrected chi connectivity index (χ3v) is 1.67. The zero-order valence-electron chi connectivity index (χ0n) is 7.04. The van der Waals surface area contributed by atoms with Crippen LogP contribution in [0.15, 0.2) is 12.1 Å². The van der Waals surface area contributed by atoms with Gasteiger partial charge in [0.1, 0.15) is 5.56 Å². The highest BCUT2D eigenvalue weighted by molar-refractivity contribution is 5.91. The number of carbonyl (C=O) groups is 1. The van der Waals surface area contributed by atoms with Gasteiger partial charge in [0.25, 0.3) is 0 Å². The third kappa shape index (κ3) is 1.95. The van der Waals surface area contributed by atoms with Crippen molar-refractivity contribution < 1.29 is 33.3 Å². The van der Waals surface area contributed by atoms with Gasteiger partial charge in [-0.2, -0.15) is 13.2 Å². The highest BCUT2D eigenvalue weighted by Gasteiger charge is 2.39. The number of hydrogen-bond acceptors (Lipinski definition) is 3. The number of hydrogen-bond donors (Lipinski definition) is 3. The highest BCUT2D eigenvalue weighted by Crippen LogP contribution is 2.42. The molecule has 0 heterocycles. The predicted octanol–water partition coefficient (Wildman–Crippen LogP) is 1.81. The van der Waals surface area contributed by atoms with E-state index in [1.807, 2.05) is 0 Å². The molecule has 0 aromatic heterocycles. The first kappa shape index (κ1) is 11.2. The molecule has 15 heavy (non-hydrogen) atoms. The molecular weight excluding hydrogens is 217 g/mol. The second kappa shape index (κ2) is 3.34. The average molecular weight is 222 g/mol. The topological polar surface area (TPSA) is 77.8 Å². The lowest BCUT2D eigenvalue weighted by Crippen LogP contribution is -2.13. The van der Waals surface area contributed by atoms with Crippen molar-refractivity contribution in [2.45, 2.75) is 6.18 Å². The van der Waals surface area contributed by atoms with Crippen molar-refractivity contribution in [1.82, 2.24) is 0 Å². The van der Waals surface area contributed by atoms with E-state index in [4.69, 9.17) is 15.3 Å². The van der Waals surface area contributed by atoms with Gasteiger partial charge in [-0.3, -0.25) is 0 Å². The van der Waals surface area contributed by atoms with E-state index in [0.717, 1.165) is 0 Å². The number of alkyl halides is 3. The van der Waals surface area contributed by atoms with Crippen molar-refractivity contribution in [2.24, 2.45) is 0 Å². The van der Waals surface area contributed by atoms with Crippen LogP contribution in [0.3, 0.4) is 0 Å². The Morgan fingerprint density at radius 1 is 1.20 bits per heavy atom. The van der Waals surface area contributed by atoms with Crippen molar-refractivity contribution in [1.29, 1.82) is 0 Å². The molecule has 0 spiro atoms. The lowest BCUT2D eigenvalue weighted by Gasteiger charge is -2.12. The molecule has 3 N–H and O–H groups in total. The molecular formula is C8H5F3O4. The first-order valence-electron chi connectivity index (χ1n) is 3.60. The minimum atomic E-state index is -5.05. The number of rotatable bonds is 1. The molecule has 0 aliphatic carbocycles. The molecule has 0 atom stereocenters. The Kier molecular flexibility index (Phi) is 2.48. The molecule has 0 saturated heterocycles. The normalized spacial score (nSPS) is 11.4. The van der Waals surface area contributed by atoms with Crippen molar-refractivity contribution >= 4 is 5.97 Å². The van der Waals surface area contributed by atoms with Crippen LogP contribution in [0.25, 0.3) is 0 Å². The van der Waals surface area contributed by atoms with E-state index in [-0.39, 0.29) is 0 Å². The van der Waals surface area contributed by atoms with Crippen LogP contribution in [-0.2, 0) is 6.18 Å². The monoisotopic (exact) mass is 222 g/mol. The van der Waals surface area contributed by atoms with Crippen LogP contribution in [0.4, 0.5) is 13.2 Å². The molecule has 1 aromatic rings. The van der Waals surface area contributed by atoms with Gasteiger partial charge in [0.15, 0.2) is 11.5 Å². The van der Waals surface area contributed by atoms with Crippen LogP contribution >= 0.6 is 0 Å². The maximum atomic E-state index is 12.3. The molecule has 0 aliphatic heterocycles. The number of phenolic OH excluding ortho intramolecular Hbond substituents is 2. The van der Waals surface area contributed by atoms with Gasteiger partial charge >= 0.3 is 12.1 Å². The Hall–Kier alpha value is -1.92. The van der Waals surface area contributed by atoms with Crippen molar-refractivity contribution in [3.8, 4) is 11.5 Å². The van der Waals surface area contributed by atoms with E-state index in [1.54, 1.807) is 0 Å². The minimum absolute atomic E-state index is 0.570. The van der Waals surface area contributed by atoms with Gasteiger partial charge in [-0.05, 0) is 12.1 Å². The molecule has 7 heteroatoms. The molecule has 0 bridgehead atoms. The first-order valence-corrected chi connectivity index (χ1v) is 3.60. The number of aromatic carboxylic acids is 1. The summed E-state index contributed by atoms with van der Waals surface area (Å²) >= 11 is 0. The summed E-state index contributed by atoms with van der Waals surface area (Å²) in [4.78, 5) is 10.4. The molecule has 0 saturated carbocycles. The summed E-state index contributed by atoms with van der Waals surface area (Å²) in [5, 5.41) is 26.2. The Labute approximate surface area is 81.2 Å². The van der Waals surface area contributed by atoms with Crippen molar-refractivity contribution in [3.05, 3.63) is 23.3 Å². The molecule has 1 rings (SSSR count). The minimum Gasteiger partial charge on any atom is -0.504 e. The summed E-state index contributed by atoms with van der Waals surface area (Å²) in [5.41, 5.74) is -2.87. The molecule has 0 unspecified atom stereocenters. The van der Waals surface area contributed by atoms with Crippen LogP contribution in [-0.4, -0.2) is 21.3 Å². The zero-order valence-corrected chi connectivity index (χ0v) is 7.04. The standard InChI is InChI=1S/C8H5F3O4/c9-8(10,11)5-3(7(14)15)1-2-4(12)6(5)13/h1-2,12-13H,(H,14,15). The second-order valence-electron chi connectivity index (χ2n) is 2.66. The molecule has 0 radical (unpaired) electrons. The highest BCUT2D eigenvalue weighted by atomic mass is 19.4. The van der Waals surface area contributed by atoms with Crippen molar-refractivity contribution in [2.75, 3.05) is 0 Å². The summed E-state index contributed by atoms with van der Waals surface area (Å²) < 4.78 is 36.9. The van der Waals surface area contributed by atoms with Crippen LogP contribution in [0.2, 0.25) is 0 Å². The fraction of sp³-hybridized carbons (Fsp3) is 0.125. The van der Waals surface area contributed by atoms with E-state index < -0.39 is 34.8 Å². The summed E-state index contributed by atoms with van der Waals surface area (Å²) in [6.07, 6.45) is -5.05. The first-order chi connectivity index (χ1) is 6.75. The van der Waals surface area contributed by atoms with E-state index in [9.17, 15) is 18.0 Å². The van der Waals surface area contributed by atoms with Gasteiger partial charge in [-0.1, -0.05) is 0 Å². The number of benzene rings is 1. The number of carboxylic acid groups (broad SMARTS) is 1. The summed E-state index contributed by atoms with van der Waals surface area (Å²) in [7, 11) is 0. The fourth-order valence-electron chi connectivity index (χ4n) is 1.05. The molecule has 4 nitrogen and oxygen atoms in total. The average Bonchev–Trinajstić information content (AvgIpc) is 2.06. The molecule has 0 aliphatic rings. The quantitative estimate of drug-likeness (QED) is 0.633. The molecule has 0 amide bonds. The Morgan fingerprint density at radius 2 is 1.73 bits per heavy atom. The molecule has 82 valence electrons. The van der Waals surface area contributed by atoms with Crippen LogP contribution < -0.4 is 0 Å². The third-order valence-electron chi connectivity index (χ3n) is 1.67. The van der Waals surface area contributed by atoms with Gasteiger partial charge in [0.2, 0.25) is 0 Å². The van der Waals surface area contributed by atoms with E-state index >= 15 is 0 Å². The number of halogens is 3. The van der Waals surface area contributed by atoms with Gasteiger partial charge in [-0.25, -0.2) is 4.79 Å². The zero-order chi connectivity index (χ0) is 11.8. The Bertz CT molecular complexity index is 411. The molecule has 0 fully saturated rings. The SMILES string of the molecule is O=C(O)c1ccc(O)c(O)c1C(F)(F)F. The van der Waals surface area contributed by atoms with Crippen molar-refractivity contribution in [3.63, 3.8) is 0 Å². The van der Waals surface area contributed by atoms with Gasteiger partial charge in [-0.15, -0.1) is 0 Å². The summed E-state index contributed by atoms with van der Waals surface area (Å²) in [6.45, 7) is 0. The second-order valence-corrected chi connectivity index (χ2v) is 2.66. The van der Waals surface area contributed by atoms with Gasteiger partial charge in [0.05, 0.1) is 5.56 Å². The van der Waals surface area contributed by atoms with Crippen LogP contribution in [0.1, 0.15) is 15.9 Å². The van der Waals surface area contributed by atoms with Gasteiger partial charge in [0, 0.05) is 0 Å². The lowest BCUT2D eigenvalue weighted by molar-refractivity contribution is -0.139.